The molecule has 0 aliphatic carbocycles. The third kappa shape index (κ3) is 49.7. The van der Waals surface area contributed by atoms with Crippen molar-refractivity contribution in [3.8, 4) is 0 Å². The van der Waals surface area contributed by atoms with Crippen LogP contribution in [0.25, 0.3) is 0 Å². The van der Waals surface area contributed by atoms with Crippen molar-refractivity contribution in [3.05, 3.63) is 72.9 Å². The number of allylic oxidation sites excluding steroid dienone is 12. The number of carbonyl (C=O) groups excluding carboxylic acids is 3. The zero-order valence-corrected chi connectivity index (χ0v) is 41.3. The summed E-state index contributed by atoms with van der Waals surface area (Å²) in [6.07, 6.45) is 64.6. The summed E-state index contributed by atoms with van der Waals surface area (Å²) in [6, 6.07) is 0. The Hall–Kier alpha value is -3.15. The van der Waals surface area contributed by atoms with E-state index < -0.39 is 6.10 Å². The first-order valence-electron chi connectivity index (χ1n) is 26.4. The number of hydrogen-bond acceptors (Lipinski definition) is 6. The summed E-state index contributed by atoms with van der Waals surface area (Å²) < 4.78 is 16.7. The van der Waals surface area contributed by atoms with E-state index in [0.717, 1.165) is 83.5 Å². The molecule has 0 aromatic rings. The molecule has 0 saturated carbocycles. The molecule has 0 aromatic carbocycles. The maximum absolute atomic E-state index is 12.8. The zero-order chi connectivity index (χ0) is 45.8. The molecule has 0 aliphatic heterocycles. The van der Waals surface area contributed by atoms with Crippen LogP contribution in [0.1, 0.15) is 252 Å². The Morgan fingerprint density at radius 1 is 0.317 bits per heavy atom. The molecular formula is C57H98O6. The normalized spacial score (nSPS) is 12.6. The summed E-state index contributed by atoms with van der Waals surface area (Å²) in [7, 11) is 0. The Bertz CT molecular complexity index is 1190. The van der Waals surface area contributed by atoms with Gasteiger partial charge in [-0.1, -0.05) is 216 Å². The van der Waals surface area contributed by atoms with Gasteiger partial charge in [0.25, 0.3) is 0 Å². The van der Waals surface area contributed by atoms with Crippen LogP contribution in [0.15, 0.2) is 72.9 Å². The molecule has 0 unspecified atom stereocenters. The first-order valence-corrected chi connectivity index (χ1v) is 26.4. The molecule has 0 fully saturated rings. The highest BCUT2D eigenvalue weighted by atomic mass is 16.6. The lowest BCUT2D eigenvalue weighted by molar-refractivity contribution is -0.167. The van der Waals surface area contributed by atoms with E-state index >= 15 is 0 Å². The molecule has 0 heterocycles. The summed E-state index contributed by atoms with van der Waals surface area (Å²) in [4.78, 5) is 37.9. The molecule has 6 nitrogen and oxygen atoms in total. The van der Waals surface area contributed by atoms with Gasteiger partial charge in [0.05, 0.1) is 0 Å². The van der Waals surface area contributed by atoms with E-state index in [1.54, 1.807) is 0 Å². The smallest absolute Gasteiger partial charge is 0.306 e. The van der Waals surface area contributed by atoms with E-state index in [9.17, 15) is 14.4 Å². The highest BCUT2D eigenvalue weighted by Gasteiger charge is 2.19. The summed E-state index contributed by atoms with van der Waals surface area (Å²) >= 11 is 0. The standard InChI is InChI=1S/C57H98O6/c1-4-7-10-13-16-19-22-24-26-28-30-32-35-37-40-43-46-49-55(58)61-52-54(63-57(60)51-48-45-42-39-34-21-18-15-12-9-6-3)53-62-56(59)50-47-44-41-38-36-33-31-29-27-25-23-20-17-14-11-8-5-2/h16,19,24-27,30-33,38,41,54H,4-15,17-18,20-23,28-29,34-37,39-40,42-53H2,1-3H3/b19-16-,26-24-,27-25-,32-30-,33-31-,41-38-/t54-/m1/s1. The lowest BCUT2D eigenvalue weighted by Crippen LogP contribution is -2.30. The van der Waals surface area contributed by atoms with Crippen LogP contribution in [0.2, 0.25) is 0 Å². The van der Waals surface area contributed by atoms with Crippen LogP contribution in [0.5, 0.6) is 0 Å². The number of hydrogen-bond donors (Lipinski definition) is 0. The van der Waals surface area contributed by atoms with Crippen LogP contribution in [0, 0.1) is 0 Å². The second kappa shape index (κ2) is 51.5. The first-order chi connectivity index (χ1) is 31.0. The minimum absolute atomic E-state index is 0.101. The molecule has 362 valence electrons. The highest BCUT2D eigenvalue weighted by Crippen LogP contribution is 2.14. The Morgan fingerprint density at radius 3 is 0.984 bits per heavy atom. The molecule has 0 bridgehead atoms. The lowest BCUT2D eigenvalue weighted by Gasteiger charge is -2.18. The molecule has 0 aliphatic rings. The monoisotopic (exact) mass is 879 g/mol. The van der Waals surface area contributed by atoms with E-state index in [0.29, 0.717) is 19.3 Å². The van der Waals surface area contributed by atoms with E-state index in [2.05, 4.69) is 93.7 Å². The summed E-state index contributed by atoms with van der Waals surface area (Å²) in [6.45, 7) is 6.53. The third-order valence-corrected chi connectivity index (χ3v) is 11.2. The van der Waals surface area contributed by atoms with Crippen LogP contribution in [-0.4, -0.2) is 37.2 Å². The van der Waals surface area contributed by atoms with Gasteiger partial charge in [0.2, 0.25) is 0 Å². The molecule has 0 radical (unpaired) electrons. The topological polar surface area (TPSA) is 78.9 Å². The van der Waals surface area contributed by atoms with Gasteiger partial charge in [0.15, 0.2) is 6.10 Å². The van der Waals surface area contributed by atoms with Gasteiger partial charge in [0.1, 0.15) is 13.2 Å². The van der Waals surface area contributed by atoms with Gasteiger partial charge >= 0.3 is 17.9 Å². The minimum Gasteiger partial charge on any atom is -0.462 e. The largest absolute Gasteiger partial charge is 0.462 e. The summed E-state index contributed by atoms with van der Waals surface area (Å²) in [5.41, 5.74) is 0. The molecule has 6 heteroatoms. The molecule has 0 spiro atoms. The Kier molecular flexibility index (Phi) is 48.9. The summed E-state index contributed by atoms with van der Waals surface area (Å²) in [5.74, 6) is -0.973. The molecule has 0 amide bonds. The molecule has 0 saturated heterocycles. The Morgan fingerprint density at radius 2 is 0.587 bits per heavy atom. The molecule has 0 rings (SSSR count). The maximum Gasteiger partial charge on any atom is 0.306 e. The Balaban J connectivity index is 4.46. The van der Waals surface area contributed by atoms with Crippen molar-refractivity contribution in [1.82, 2.24) is 0 Å². The number of unbranched alkanes of at least 4 members (excludes halogenated alkanes) is 24. The van der Waals surface area contributed by atoms with Crippen molar-refractivity contribution in [3.63, 3.8) is 0 Å². The van der Waals surface area contributed by atoms with Gasteiger partial charge in [-0.2, -0.15) is 0 Å². The predicted molar refractivity (Wildman–Crippen MR) is 270 cm³/mol. The fraction of sp³-hybridized carbons (Fsp3) is 0.737. The second-order valence-electron chi connectivity index (χ2n) is 17.4. The van der Waals surface area contributed by atoms with Crippen molar-refractivity contribution in [2.24, 2.45) is 0 Å². The molecule has 63 heavy (non-hydrogen) atoms. The van der Waals surface area contributed by atoms with Crippen molar-refractivity contribution in [2.45, 2.75) is 258 Å². The summed E-state index contributed by atoms with van der Waals surface area (Å²) in [5, 5.41) is 0. The quantitative estimate of drug-likeness (QED) is 0.0262. The van der Waals surface area contributed by atoms with Crippen LogP contribution in [0.4, 0.5) is 0 Å². The maximum atomic E-state index is 12.8. The van der Waals surface area contributed by atoms with Crippen molar-refractivity contribution < 1.29 is 28.6 Å². The fourth-order valence-electron chi connectivity index (χ4n) is 7.17. The van der Waals surface area contributed by atoms with Gasteiger partial charge in [0, 0.05) is 19.3 Å². The van der Waals surface area contributed by atoms with E-state index in [1.807, 2.05) is 0 Å². The third-order valence-electron chi connectivity index (χ3n) is 11.2. The zero-order valence-electron chi connectivity index (χ0n) is 41.3. The lowest BCUT2D eigenvalue weighted by atomic mass is 10.1. The van der Waals surface area contributed by atoms with E-state index in [4.69, 9.17) is 14.2 Å². The molecule has 0 N–H and O–H groups in total. The molecular weight excluding hydrogens is 781 g/mol. The minimum atomic E-state index is -0.802. The van der Waals surface area contributed by atoms with Crippen molar-refractivity contribution >= 4 is 17.9 Å². The predicted octanol–water partition coefficient (Wildman–Crippen LogP) is 17.4. The van der Waals surface area contributed by atoms with Crippen LogP contribution < -0.4 is 0 Å². The average molecular weight is 879 g/mol. The molecule has 0 aromatic heterocycles. The van der Waals surface area contributed by atoms with Crippen molar-refractivity contribution in [2.75, 3.05) is 13.2 Å². The first kappa shape index (κ1) is 59.9. The van der Waals surface area contributed by atoms with Crippen molar-refractivity contribution in [1.29, 1.82) is 0 Å². The fourth-order valence-corrected chi connectivity index (χ4v) is 7.17. The van der Waals surface area contributed by atoms with E-state index in [1.165, 1.54) is 122 Å². The van der Waals surface area contributed by atoms with Gasteiger partial charge < -0.3 is 14.2 Å². The SMILES string of the molecule is CCCCC/C=C\C/C=C\C/C=C\CCCCCCC(=O)OC[C@H](COC(=O)CCC/C=C\C/C=C\C/C=C\CCCCCCCC)OC(=O)CCCCCCCCCCCCC. The van der Waals surface area contributed by atoms with E-state index in [-0.39, 0.29) is 37.5 Å². The van der Waals surface area contributed by atoms with Crippen LogP contribution in [0.3, 0.4) is 0 Å². The Labute approximate surface area is 389 Å². The highest BCUT2D eigenvalue weighted by molar-refractivity contribution is 5.71. The van der Waals surface area contributed by atoms with Crippen LogP contribution >= 0.6 is 0 Å². The number of carbonyl (C=O) groups is 3. The van der Waals surface area contributed by atoms with Gasteiger partial charge in [-0.05, 0) is 89.9 Å². The van der Waals surface area contributed by atoms with Gasteiger partial charge in [-0.15, -0.1) is 0 Å². The number of rotatable bonds is 47. The number of ether oxygens (including phenoxy) is 3. The van der Waals surface area contributed by atoms with Gasteiger partial charge in [-0.25, -0.2) is 0 Å². The molecule has 1 atom stereocenters. The number of esters is 3. The average Bonchev–Trinajstić information content (AvgIpc) is 3.28. The van der Waals surface area contributed by atoms with Gasteiger partial charge in [-0.3, -0.25) is 14.4 Å². The van der Waals surface area contributed by atoms with Crippen LogP contribution in [-0.2, 0) is 28.6 Å². The second-order valence-corrected chi connectivity index (χ2v) is 17.4.